The van der Waals surface area contributed by atoms with Gasteiger partial charge in [-0.15, -0.1) is 0 Å². The van der Waals surface area contributed by atoms with Gasteiger partial charge in [-0.3, -0.25) is 4.79 Å². The van der Waals surface area contributed by atoms with E-state index in [1.165, 1.54) is 32.8 Å². The van der Waals surface area contributed by atoms with E-state index in [1.54, 1.807) is 18.2 Å². The van der Waals surface area contributed by atoms with E-state index in [9.17, 15) is 4.79 Å². The molecule has 1 aromatic carbocycles. The lowest BCUT2D eigenvalue weighted by atomic mass is 10.1. The van der Waals surface area contributed by atoms with Crippen LogP contribution in [0.3, 0.4) is 0 Å². The fourth-order valence-corrected chi connectivity index (χ4v) is 2.74. The number of hydrogen-bond donors (Lipinski definition) is 2. The minimum atomic E-state index is -0.131. The second-order valence-corrected chi connectivity index (χ2v) is 5.44. The lowest BCUT2D eigenvalue weighted by Crippen LogP contribution is -2.35. The van der Waals surface area contributed by atoms with Crippen molar-refractivity contribution in [3.63, 3.8) is 0 Å². The van der Waals surface area contributed by atoms with Crippen LogP contribution in [0.1, 0.15) is 36.0 Å². The summed E-state index contributed by atoms with van der Waals surface area (Å²) < 4.78 is 5.21. The summed E-state index contributed by atoms with van der Waals surface area (Å²) in [6.45, 7) is 3.82. The predicted octanol–water partition coefficient (Wildman–Crippen LogP) is 1.88. The van der Waals surface area contributed by atoms with Crippen molar-refractivity contribution in [1.29, 1.82) is 0 Å². The van der Waals surface area contributed by atoms with Gasteiger partial charge >= 0.3 is 0 Å². The Morgan fingerprint density at radius 2 is 2.00 bits per heavy atom. The average Bonchev–Trinajstić information content (AvgIpc) is 2.75. The number of anilines is 1. The second-order valence-electron chi connectivity index (χ2n) is 5.44. The van der Waals surface area contributed by atoms with Gasteiger partial charge in [0.2, 0.25) is 0 Å². The first-order chi connectivity index (χ1) is 10.2. The summed E-state index contributed by atoms with van der Waals surface area (Å²) in [5.41, 5.74) is 6.80. The molecule has 0 unspecified atom stereocenters. The highest BCUT2D eigenvalue weighted by molar-refractivity contribution is 5.98. The quantitative estimate of drug-likeness (QED) is 0.813. The van der Waals surface area contributed by atoms with E-state index < -0.39 is 0 Å². The molecule has 0 spiro atoms. The summed E-state index contributed by atoms with van der Waals surface area (Å²) >= 11 is 0. The van der Waals surface area contributed by atoms with Crippen LogP contribution in [0, 0.1) is 0 Å². The van der Waals surface area contributed by atoms with E-state index >= 15 is 0 Å². The van der Waals surface area contributed by atoms with Crippen LogP contribution in [0.2, 0.25) is 0 Å². The number of methoxy groups -OCH3 is 1. The highest BCUT2D eigenvalue weighted by atomic mass is 16.5. The van der Waals surface area contributed by atoms with Crippen LogP contribution in [-0.4, -0.2) is 44.1 Å². The minimum absolute atomic E-state index is 0.131. The zero-order valence-corrected chi connectivity index (χ0v) is 12.7. The van der Waals surface area contributed by atoms with Crippen molar-refractivity contribution in [2.75, 3.05) is 39.0 Å². The van der Waals surface area contributed by atoms with E-state index in [4.69, 9.17) is 10.5 Å². The van der Waals surface area contributed by atoms with Crippen molar-refractivity contribution < 1.29 is 9.53 Å². The van der Waals surface area contributed by atoms with E-state index in [0.29, 0.717) is 23.5 Å². The Labute approximate surface area is 126 Å². The van der Waals surface area contributed by atoms with Gasteiger partial charge in [-0.2, -0.15) is 0 Å². The molecule has 1 aromatic rings. The standard InChI is InChI=1S/C16H25N3O2/c1-21-15-13(7-6-8-14(15)17)16(20)18-9-12-19-10-4-2-3-5-11-19/h6-8H,2-5,9-12,17H2,1H3,(H,18,20). The molecule has 0 saturated carbocycles. The van der Waals surface area contributed by atoms with Crippen LogP contribution >= 0.6 is 0 Å². The van der Waals surface area contributed by atoms with Gasteiger partial charge in [0, 0.05) is 13.1 Å². The first-order valence-corrected chi connectivity index (χ1v) is 7.65. The van der Waals surface area contributed by atoms with Crippen LogP contribution in [0.25, 0.3) is 0 Å². The van der Waals surface area contributed by atoms with E-state index in [2.05, 4.69) is 10.2 Å². The third kappa shape index (κ3) is 4.36. The zero-order valence-electron chi connectivity index (χ0n) is 12.7. The molecule has 0 radical (unpaired) electrons. The first kappa shape index (κ1) is 15.6. The molecule has 0 aromatic heterocycles. The smallest absolute Gasteiger partial charge is 0.255 e. The molecule has 21 heavy (non-hydrogen) atoms. The molecule has 0 aliphatic carbocycles. The lowest BCUT2D eigenvalue weighted by molar-refractivity contribution is 0.0945. The maximum absolute atomic E-state index is 12.2. The molecule has 1 saturated heterocycles. The van der Waals surface area contributed by atoms with Crippen LogP contribution in [0.4, 0.5) is 5.69 Å². The summed E-state index contributed by atoms with van der Waals surface area (Å²) in [7, 11) is 1.53. The molecule has 1 aliphatic heterocycles. The summed E-state index contributed by atoms with van der Waals surface area (Å²) in [6, 6.07) is 5.23. The molecule has 1 amide bonds. The fraction of sp³-hybridized carbons (Fsp3) is 0.562. The van der Waals surface area contributed by atoms with Crippen molar-refractivity contribution in [3.8, 4) is 5.75 Å². The maximum Gasteiger partial charge on any atom is 0.255 e. The summed E-state index contributed by atoms with van der Waals surface area (Å²) in [4.78, 5) is 14.6. The molecule has 2 rings (SSSR count). The molecule has 1 heterocycles. The van der Waals surface area contributed by atoms with Crippen molar-refractivity contribution >= 4 is 11.6 Å². The van der Waals surface area contributed by atoms with Gasteiger partial charge < -0.3 is 20.7 Å². The summed E-state index contributed by atoms with van der Waals surface area (Å²) in [6.07, 6.45) is 5.17. The Morgan fingerprint density at radius 3 is 2.67 bits per heavy atom. The highest BCUT2D eigenvalue weighted by Gasteiger charge is 2.14. The van der Waals surface area contributed by atoms with Crippen LogP contribution in [0.5, 0.6) is 5.75 Å². The molecular weight excluding hydrogens is 266 g/mol. The number of carbonyl (C=O) groups is 1. The van der Waals surface area contributed by atoms with Gasteiger partial charge in [-0.05, 0) is 38.1 Å². The van der Waals surface area contributed by atoms with Gasteiger partial charge in [-0.25, -0.2) is 0 Å². The highest BCUT2D eigenvalue weighted by Crippen LogP contribution is 2.25. The SMILES string of the molecule is COc1c(N)cccc1C(=O)NCCN1CCCCCC1. The molecule has 5 nitrogen and oxygen atoms in total. The van der Waals surface area contributed by atoms with Crippen molar-refractivity contribution in [1.82, 2.24) is 10.2 Å². The van der Waals surface area contributed by atoms with Crippen LogP contribution < -0.4 is 15.8 Å². The Bertz CT molecular complexity index is 469. The van der Waals surface area contributed by atoms with Gasteiger partial charge in [0.25, 0.3) is 5.91 Å². The van der Waals surface area contributed by atoms with Gasteiger partial charge in [0.05, 0.1) is 18.4 Å². The number of nitrogen functional groups attached to an aromatic ring is 1. The fourth-order valence-electron chi connectivity index (χ4n) is 2.74. The van der Waals surface area contributed by atoms with Crippen molar-refractivity contribution in [3.05, 3.63) is 23.8 Å². The molecule has 3 N–H and O–H groups in total. The van der Waals surface area contributed by atoms with Crippen LogP contribution in [0.15, 0.2) is 18.2 Å². The Kier molecular flexibility index (Phi) is 5.87. The zero-order chi connectivity index (χ0) is 15.1. The number of amides is 1. The Morgan fingerprint density at radius 1 is 1.29 bits per heavy atom. The number of benzene rings is 1. The monoisotopic (exact) mass is 291 g/mol. The number of nitrogens with one attached hydrogen (secondary N) is 1. The van der Waals surface area contributed by atoms with Gasteiger partial charge in [-0.1, -0.05) is 18.9 Å². The normalized spacial score (nSPS) is 16.2. The molecule has 1 aliphatic rings. The summed E-state index contributed by atoms with van der Waals surface area (Å²) in [5, 5.41) is 2.95. The third-order valence-electron chi connectivity index (χ3n) is 3.91. The Balaban J connectivity index is 1.85. The first-order valence-electron chi connectivity index (χ1n) is 7.65. The minimum Gasteiger partial charge on any atom is -0.494 e. The van der Waals surface area contributed by atoms with E-state index in [0.717, 1.165) is 19.6 Å². The molecule has 116 valence electrons. The molecular formula is C16H25N3O2. The van der Waals surface area contributed by atoms with E-state index in [1.807, 2.05) is 0 Å². The predicted molar refractivity (Wildman–Crippen MR) is 84.6 cm³/mol. The van der Waals surface area contributed by atoms with Gasteiger partial charge in [0.1, 0.15) is 0 Å². The van der Waals surface area contributed by atoms with E-state index in [-0.39, 0.29) is 5.91 Å². The largest absolute Gasteiger partial charge is 0.494 e. The number of hydrogen-bond acceptors (Lipinski definition) is 4. The number of nitrogens with zero attached hydrogens (tertiary/aromatic N) is 1. The number of nitrogens with two attached hydrogens (primary N) is 1. The molecule has 5 heteroatoms. The maximum atomic E-state index is 12.2. The third-order valence-corrected chi connectivity index (χ3v) is 3.91. The number of carbonyl (C=O) groups excluding carboxylic acids is 1. The van der Waals surface area contributed by atoms with Gasteiger partial charge in [0.15, 0.2) is 5.75 Å². The molecule has 0 bridgehead atoms. The average molecular weight is 291 g/mol. The second kappa shape index (κ2) is 7.88. The van der Waals surface area contributed by atoms with Crippen molar-refractivity contribution in [2.24, 2.45) is 0 Å². The van der Waals surface area contributed by atoms with Crippen molar-refractivity contribution in [2.45, 2.75) is 25.7 Å². The number of rotatable bonds is 5. The topological polar surface area (TPSA) is 67.6 Å². The molecule has 0 atom stereocenters. The number of para-hydroxylation sites is 1. The van der Waals surface area contributed by atoms with Crippen LogP contribution in [-0.2, 0) is 0 Å². The number of likely N-dealkylation sites (tertiary alicyclic amines) is 1. The number of ether oxygens (including phenoxy) is 1. The summed E-state index contributed by atoms with van der Waals surface area (Å²) in [5.74, 6) is 0.318. The molecule has 1 fully saturated rings. The Hall–Kier alpha value is -1.75. The lowest BCUT2D eigenvalue weighted by Gasteiger charge is -2.20.